The van der Waals surface area contributed by atoms with E-state index in [-0.39, 0.29) is 51.6 Å². The molecule has 3 aliphatic heterocycles. The third-order valence-corrected chi connectivity index (χ3v) is 12.1. The largest absolute Gasteiger partial charge is 0.456 e. The van der Waals surface area contributed by atoms with Crippen LogP contribution in [0.5, 0.6) is 0 Å². The molecular formula is C43H49FN8O9. The number of aromatic amines is 2. The Balaban J connectivity index is 1.02. The van der Waals surface area contributed by atoms with Gasteiger partial charge in [0.25, 0.3) is 0 Å². The summed E-state index contributed by atoms with van der Waals surface area (Å²) in [4.78, 5) is 84.9. The minimum Gasteiger partial charge on any atom is -0.456 e. The molecule has 18 heteroatoms. The Morgan fingerprint density at radius 3 is 2.25 bits per heavy atom. The molecule has 17 nitrogen and oxygen atoms in total. The molecule has 0 spiro atoms. The summed E-state index contributed by atoms with van der Waals surface area (Å²) >= 11 is 0. The van der Waals surface area contributed by atoms with Crippen molar-refractivity contribution in [2.45, 2.75) is 76.5 Å². The summed E-state index contributed by atoms with van der Waals surface area (Å²) in [6.45, 7) is 5.67. The molecule has 3 aromatic heterocycles. The predicted molar refractivity (Wildman–Crippen MR) is 220 cm³/mol. The number of aromatic nitrogens is 4. The van der Waals surface area contributed by atoms with Gasteiger partial charge >= 0.3 is 12.2 Å². The summed E-state index contributed by atoms with van der Waals surface area (Å²) in [5.74, 6) is -0.464. The number of carbonyl (C=O) groups is 4. The topological polar surface area (TPSA) is 214 Å². The third-order valence-electron chi connectivity index (χ3n) is 12.1. The number of ether oxygens (including phenoxy) is 3. The number of amides is 4. The van der Waals surface area contributed by atoms with E-state index in [4.69, 9.17) is 18.6 Å². The van der Waals surface area contributed by atoms with Gasteiger partial charge < -0.3 is 49.0 Å². The van der Waals surface area contributed by atoms with Crippen LogP contribution in [-0.4, -0.2) is 106 Å². The quantitative estimate of drug-likeness (QED) is 0.125. The molecule has 0 bridgehead atoms. The third kappa shape index (κ3) is 8.15. The number of methoxy groups -OCH3 is 2. The van der Waals surface area contributed by atoms with Gasteiger partial charge in [-0.05, 0) is 80.7 Å². The van der Waals surface area contributed by atoms with Gasteiger partial charge in [-0.3, -0.25) is 14.4 Å². The molecule has 0 radical (unpaired) electrons. The number of halogens is 1. The zero-order chi connectivity index (χ0) is 42.9. The fourth-order valence-electron chi connectivity index (χ4n) is 8.86. The molecule has 4 atom stereocenters. The van der Waals surface area contributed by atoms with E-state index in [2.05, 4.69) is 30.6 Å². The monoisotopic (exact) mass is 840 g/mol. The first kappa shape index (κ1) is 41.4. The van der Waals surface area contributed by atoms with Crippen LogP contribution in [0.1, 0.15) is 76.0 Å². The van der Waals surface area contributed by atoms with E-state index in [9.17, 15) is 24.0 Å². The van der Waals surface area contributed by atoms with E-state index in [1.165, 1.54) is 26.5 Å². The molecule has 0 aliphatic carbocycles. The van der Waals surface area contributed by atoms with Crippen molar-refractivity contribution < 1.29 is 42.2 Å². The molecule has 2 aromatic carbocycles. The Kier molecular flexibility index (Phi) is 11.8. The van der Waals surface area contributed by atoms with Crippen molar-refractivity contribution in [1.82, 2.24) is 40.4 Å². The summed E-state index contributed by atoms with van der Waals surface area (Å²) in [6, 6.07) is 5.41. The number of hydrogen-bond donors (Lipinski definition) is 4. The first-order valence-corrected chi connectivity index (χ1v) is 20.6. The van der Waals surface area contributed by atoms with Crippen molar-refractivity contribution in [1.29, 1.82) is 0 Å². The zero-order valence-electron chi connectivity index (χ0n) is 34.4. The maximum Gasteiger partial charge on any atom is 0.407 e. The number of carbonyl (C=O) groups excluding carboxylic acids is 4. The van der Waals surface area contributed by atoms with E-state index in [1.807, 2.05) is 13.8 Å². The molecule has 6 heterocycles. The van der Waals surface area contributed by atoms with Crippen LogP contribution in [0.15, 0.2) is 51.9 Å². The van der Waals surface area contributed by atoms with Crippen molar-refractivity contribution >= 4 is 45.9 Å². The number of nitrogens with zero attached hydrogens (tertiary/aromatic N) is 4. The van der Waals surface area contributed by atoms with Gasteiger partial charge in [0.1, 0.15) is 40.7 Å². The standard InChI is InChI=1S/C43H49FN8O9/c1-22(2)35(49-42(56)58-3)40(54)52-14-6-8-32(52)39-46-20-29(47-39)25-19-34-27(18-28(25)44)37(53)26-17-24(9-10-33(26)61-34)38-45-21-30(48-38)31-7-5-13-51(31)41(55)36(50-43(57)59-4)23-11-15-60-16-12-23/h9-10,17-23,31-32,35-36H,5-8,11-16H2,1-4H3,(H,45,48)(H,46,47)(H,49,56)(H,50,57)/t31-,32-,35-,36-/m0/s1. The average molecular weight is 841 g/mol. The number of hydrogen-bond acceptors (Lipinski definition) is 11. The van der Waals surface area contributed by atoms with Gasteiger partial charge in [-0.25, -0.2) is 23.9 Å². The first-order valence-electron chi connectivity index (χ1n) is 20.6. The number of H-pyrrole nitrogens is 2. The van der Waals surface area contributed by atoms with E-state index < -0.39 is 41.6 Å². The zero-order valence-corrected chi connectivity index (χ0v) is 34.4. The summed E-state index contributed by atoms with van der Waals surface area (Å²) in [5, 5.41) is 5.69. The van der Waals surface area contributed by atoms with Crippen LogP contribution in [-0.2, 0) is 23.8 Å². The summed E-state index contributed by atoms with van der Waals surface area (Å²) in [6.07, 6.45) is 5.89. The molecule has 5 aromatic rings. The van der Waals surface area contributed by atoms with Crippen molar-refractivity contribution in [3.63, 3.8) is 0 Å². The number of alkyl carbamates (subject to hydrolysis) is 2. The van der Waals surface area contributed by atoms with Gasteiger partial charge in [0.2, 0.25) is 17.2 Å². The lowest BCUT2D eigenvalue weighted by molar-refractivity contribution is -0.137. The highest BCUT2D eigenvalue weighted by Crippen LogP contribution is 2.36. The molecule has 8 rings (SSSR count). The van der Waals surface area contributed by atoms with Crippen LogP contribution in [0, 0.1) is 17.7 Å². The number of rotatable bonds is 10. The molecule has 3 fully saturated rings. The Morgan fingerprint density at radius 2 is 1.52 bits per heavy atom. The number of fused-ring (bicyclic) bond motifs is 2. The van der Waals surface area contributed by atoms with Crippen LogP contribution in [0.25, 0.3) is 44.6 Å². The lowest BCUT2D eigenvalue weighted by Gasteiger charge is -2.34. The molecule has 0 unspecified atom stereocenters. The van der Waals surface area contributed by atoms with Crippen LogP contribution in [0.3, 0.4) is 0 Å². The van der Waals surface area contributed by atoms with Crippen LogP contribution >= 0.6 is 0 Å². The van der Waals surface area contributed by atoms with E-state index in [0.29, 0.717) is 80.5 Å². The van der Waals surface area contributed by atoms with Gasteiger partial charge in [-0.2, -0.15) is 0 Å². The molecule has 322 valence electrons. The first-order chi connectivity index (χ1) is 29.4. The molecular weight excluding hydrogens is 792 g/mol. The van der Waals surface area contributed by atoms with Gasteiger partial charge in [0, 0.05) is 37.4 Å². The number of likely N-dealkylation sites (tertiary alicyclic amines) is 2. The van der Waals surface area contributed by atoms with E-state index in [1.54, 1.807) is 34.2 Å². The Labute approximate surface area is 349 Å². The molecule has 61 heavy (non-hydrogen) atoms. The van der Waals surface area contributed by atoms with E-state index in [0.717, 1.165) is 24.6 Å². The maximum absolute atomic E-state index is 15.9. The van der Waals surface area contributed by atoms with Gasteiger partial charge in [0.15, 0.2) is 0 Å². The fourth-order valence-corrected chi connectivity index (χ4v) is 8.86. The molecule has 3 aliphatic rings. The summed E-state index contributed by atoms with van der Waals surface area (Å²) < 4.78 is 37.2. The second kappa shape index (κ2) is 17.4. The highest BCUT2D eigenvalue weighted by Gasteiger charge is 2.40. The van der Waals surface area contributed by atoms with Gasteiger partial charge in [-0.15, -0.1) is 0 Å². The van der Waals surface area contributed by atoms with Crippen molar-refractivity contribution in [3.05, 3.63) is 70.3 Å². The van der Waals surface area contributed by atoms with Crippen molar-refractivity contribution in [2.24, 2.45) is 11.8 Å². The van der Waals surface area contributed by atoms with Crippen LogP contribution in [0.4, 0.5) is 14.0 Å². The summed E-state index contributed by atoms with van der Waals surface area (Å²) in [5.41, 5.74) is 1.83. The molecule has 4 N–H and O–H groups in total. The van der Waals surface area contributed by atoms with Crippen molar-refractivity contribution in [3.8, 4) is 22.6 Å². The lowest BCUT2D eigenvalue weighted by Crippen LogP contribution is -2.53. The number of nitrogens with one attached hydrogen (secondary N) is 4. The lowest BCUT2D eigenvalue weighted by atomic mass is 9.90. The van der Waals surface area contributed by atoms with Gasteiger partial charge in [-0.1, -0.05) is 13.8 Å². The number of benzene rings is 2. The SMILES string of the molecule is COC(=O)N[C@H](C(=O)N1CCC[C@H]1c1ncc(-c2cc3oc4ccc(-c5ncc([C@@H]6CCCN6C(=O)[C@@H](NC(=O)OC)C6CCOCC6)[nH]5)cc4c(=O)c3cc2F)[nH]1)C(C)C. The molecule has 3 saturated heterocycles. The fraction of sp³-hybridized carbons (Fsp3) is 0.465. The molecule has 4 amide bonds. The second-order valence-electron chi connectivity index (χ2n) is 16.1. The smallest absolute Gasteiger partial charge is 0.407 e. The second-order valence-corrected chi connectivity index (χ2v) is 16.1. The highest BCUT2D eigenvalue weighted by atomic mass is 19.1. The maximum atomic E-state index is 15.9. The Morgan fingerprint density at radius 1 is 0.836 bits per heavy atom. The van der Waals surface area contributed by atoms with E-state index >= 15 is 4.39 Å². The Bertz CT molecular complexity index is 2530. The summed E-state index contributed by atoms with van der Waals surface area (Å²) in [7, 11) is 2.51. The van der Waals surface area contributed by atoms with Crippen molar-refractivity contribution in [2.75, 3.05) is 40.5 Å². The number of imidazole rings is 2. The van der Waals surface area contributed by atoms with Gasteiger partial charge in [0.05, 0.1) is 60.9 Å². The van der Waals surface area contributed by atoms with Crippen LogP contribution in [0.2, 0.25) is 0 Å². The normalized spacial score (nSPS) is 19.4. The predicted octanol–water partition coefficient (Wildman–Crippen LogP) is 5.72. The average Bonchev–Trinajstić information content (AvgIpc) is 4.12. The molecule has 0 saturated carbocycles. The highest BCUT2D eigenvalue weighted by molar-refractivity contribution is 5.93. The minimum atomic E-state index is -0.800. The van der Waals surface area contributed by atoms with Crippen LogP contribution < -0.4 is 16.1 Å². The Hall–Kier alpha value is -6.30. The minimum absolute atomic E-state index is 0.0518.